The number of aliphatic imine (C=N–C) groups is 2. The quantitative estimate of drug-likeness (QED) is 0.178. The van der Waals surface area contributed by atoms with Crippen LogP contribution in [-0.2, 0) is 14.4 Å². The molecule has 3 heterocycles. The number of aliphatic carboxylic acids is 1. The monoisotopic (exact) mass is 467 g/mol. The third-order valence-corrected chi connectivity index (χ3v) is 7.42. The van der Waals surface area contributed by atoms with Crippen LogP contribution >= 0.6 is 11.8 Å². The number of nitrogens with two attached hydrogens (primary N) is 2. The standard InChI is InChI=1S/C19H29N7O5S/c1-7-12-11(8(2)27)16(29)26(12)13(17(30)31)14(7)32-9-5-10(22-6-9)15(28)23-18(20)24-19(21)25(3)4/h7-12,22,27H,5-6H2,1-4H3,(H,30,31)(H4,20,21,23,24,28)/t7-,8-,9+,10+,11-,12-/m1/s1. The van der Waals surface area contributed by atoms with Gasteiger partial charge in [-0.05, 0) is 13.3 Å². The molecule has 3 aliphatic rings. The first kappa shape index (κ1) is 24.0. The van der Waals surface area contributed by atoms with Crippen molar-refractivity contribution in [3.05, 3.63) is 10.6 Å². The number of carbonyl (C=O) groups excluding carboxylic acids is 2. The summed E-state index contributed by atoms with van der Waals surface area (Å²) in [6.07, 6.45) is -0.442. The van der Waals surface area contributed by atoms with Gasteiger partial charge < -0.3 is 36.8 Å². The van der Waals surface area contributed by atoms with Crippen molar-refractivity contribution in [3.8, 4) is 0 Å². The highest BCUT2D eigenvalue weighted by molar-refractivity contribution is 8.03. The molecule has 0 saturated carbocycles. The Morgan fingerprint density at radius 1 is 1.31 bits per heavy atom. The summed E-state index contributed by atoms with van der Waals surface area (Å²) in [5.74, 6) is -3.00. The minimum atomic E-state index is -1.17. The highest BCUT2D eigenvalue weighted by Crippen LogP contribution is 2.51. The van der Waals surface area contributed by atoms with E-state index in [0.717, 1.165) is 0 Å². The largest absolute Gasteiger partial charge is 0.477 e. The summed E-state index contributed by atoms with van der Waals surface area (Å²) in [7, 11) is 3.36. The Kier molecular flexibility index (Phi) is 6.81. The van der Waals surface area contributed by atoms with Crippen molar-refractivity contribution in [3.63, 3.8) is 0 Å². The lowest BCUT2D eigenvalue weighted by Crippen LogP contribution is -2.63. The molecule has 0 aliphatic carbocycles. The van der Waals surface area contributed by atoms with Crippen molar-refractivity contribution < 1.29 is 24.6 Å². The van der Waals surface area contributed by atoms with Gasteiger partial charge in [0, 0.05) is 36.7 Å². The summed E-state index contributed by atoms with van der Waals surface area (Å²) >= 11 is 1.35. The van der Waals surface area contributed by atoms with Gasteiger partial charge in [0.2, 0.25) is 11.9 Å². The van der Waals surface area contributed by atoms with E-state index >= 15 is 0 Å². The Bertz CT molecular complexity index is 916. The lowest BCUT2D eigenvalue weighted by atomic mass is 9.79. The van der Waals surface area contributed by atoms with Crippen molar-refractivity contribution in [2.45, 2.75) is 43.7 Å². The van der Waals surface area contributed by atoms with Crippen LogP contribution in [0.3, 0.4) is 0 Å². The number of carboxylic acid groups (broad SMARTS) is 1. The molecule has 6 atom stereocenters. The molecule has 0 aromatic rings. The maximum atomic E-state index is 12.5. The molecule has 13 heteroatoms. The van der Waals surface area contributed by atoms with E-state index in [9.17, 15) is 24.6 Å². The van der Waals surface area contributed by atoms with Crippen LogP contribution in [0.25, 0.3) is 0 Å². The van der Waals surface area contributed by atoms with E-state index in [0.29, 0.717) is 17.9 Å². The molecule has 2 fully saturated rings. The number of guanidine groups is 2. The Labute approximate surface area is 189 Å². The van der Waals surface area contributed by atoms with E-state index in [1.165, 1.54) is 28.5 Å². The number of hydrogen-bond acceptors (Lipinski definition) is 6. The minimum absolute atomic E-state index is 0.0278. The fourth-order valence-corrected chi connectivity index (χ4v) is 5.75. The van der Waals surface area contributed by atoms with E-state index in [4.69, 9.17) is 11.5 Å². The smallest absolute Gasteiger partial charge is 0.353 e. The molecule has 0 radical (unpaired) electrons. The molecule has 0 aromatic carbocycles. The SMILES string of the molecule is C[C@@H](O)[C@H]1C(=O)N2C(C(=O)O)=C(S[C@@H]3CN[C@H](C(=O)N=C(N)/N=C(/N)N(C)C)C3)[C@H](C)[C@H]12. The molecule has 2 saturated heterocycles. The van der Waals surface area contributed by atoms with Gasteiger partial charge >= 0.3 is 5.97 Å². The topological polar surface area (TPSA) is 187 Å². The second-order valence-electron chi connectivity index (χ2n) is 8.38. The van der Waals surface area contributed by atoms with Crippen LogP contribution in [0.1, 0.15) is 20.3 Å². The van der Waals surface area contributed by atoms with Crippen LogP contribution in [0.5, 0.6) is 0 Å². The van der Waals surface area contributed by atoms with Crippen molar-refractivity contribution in [2.75, 3.05) is 20.6 Å². The second-order valence-corrected chi connectivity index (χ2v) is 9.72. The fraction of sp³-hybridized carbons (Fsp3) is 0.632. The first-order valence-electron chi connectivity index (χ1n) is 10.2. The Hall–Kier alpha value is -2.64. The number of β-lactam (4-membered cyclic amide) rings is 1. The second kappa shape index (κ2) is 9.08. The lowest BCUT2D eigenvalue weighted by Gasteiger charge is -2.46. The van der Waals surface area contributed by atoms with E-state index in [1.807, 2.05) is 6.92 Å². The summed E-state index contributed by atoms with van der Waals surface area (Å²) in [6.45, 7) is 3.86. The van der Waals surface area contributed by atoms with Crippen molar-refractivity contribution in [1.82, 2.24) is 15.1 Å². The Morgan fingerprint density at radius 2 is 1.97 bits per heavy atom. The molecule has 0 spiro atoms. The number of nitrogens with zero attached hydrogens (tertiary/aromatic N) is 4. The summed E-state index contributed by atoms with van der Waals surface area (Å²) < 4.78 is 0. The van der Waals surface area contributed by atoms with Gasteiger partial charge in [-0.3, -0.25) is 9.59 Å². The average molecular weight is 468 g/mol. The number of carbonyl (C=O) groups is 3. The number of aliphatic hydroxyl groups is 1. The van der Waals surface area contributed by atoms with Gasteiger partial charge in [0.1, 0.15) is 5.70 Å². The molecule has 3 aliphatic heterocycles. The molecule has 3 rings (SSSR count). The zero-order chi connectivity index (χ0) is 23.9. The van der Waals surface area contributed by atoms with Crippen LogP contribution in [0, 0.1) is 11.8 Å². The highest BCUT2D eigenvalue weighted by atomic mass is 32.2. The molecule has 2 amide bonds. The van der Waals surface area contributed by atoms with Crippen LogP contribution in [-0.4, -0.2) is 93.8 Å². The van der Waals surface area contributed by atoms with E-state index in [2.05, 4.69) is 15.3 Å². The van der Waals surface area contributed by atoms with Gasteiger partial charge in [0.05, 0.1) is 24.1 Å². The predicted molar refractivity (Wildman–Crippen MR) is 119 cm³/mol. The van der Waals surface area contributed by atoms with Crippen LogP contribution in [0.15, 0.2) is 20.6 Å². The molecule has 32 heavy (non-hydrogen) atoms. The van der Waals surface area contributed by atoms with Crippen LogP contribution in [0.4, 0.5) is 0 Å². The molecule has 12 nitrogen and oxygen atoms in total. The average Bonchev–Trinajstić information content (AvgIpc) is 3.24. The zero-order valence-corrected chi connectivity index (χ0v) is 19.2. The van der Waals surface area contributed by atoms with E-state index in [-0.39, 0.29) is 40.7 Å². The number of fused-ring (bicyclic) bond motifs is 1. The maximum absolute atomic E-state index is 12.5. The third kappa shape index (κ3) is 4.32. The Balaban J connectivity index is 1.70. The molecule has 0 unspecified atom stereocenters. The molecule has 176 valence electrons. The minimum Gasteiger partial charge on any atom is -0.477 e. The van der Waals surface area contributed by atoms with Gasteiger partial charge in [-0.1, -0.05) is 6.92 Å². The summed E-state index contributed by atoms with van der Waals surface area (Å²) in [6, 6.07) is -0.955. The number of hydrogen-bond donors (Lipinski definition) is 5. The third-order valence-electron chi connectivity index (χ3n) is 5.91. The predicted octanol–water partition coefficient (Wildman–Crippen LogP) is -1.68. The lowest BCUT2D eigenvalue weighted by molar-refractivity contribution is -0.163. The van der Waals surface area contributed by atoms with Crippen molar-refractivity contribution in [1.29, 1.82) is 0 Å². The van der Waals surface area contributed by atoms with Gasteiger partial charge in [0.25, 0.3) is 5.91 Å². The van der Waals surface area contributed by atoms with Crippen molar-refractivity contribution >= 4 is 41.5 Å². The molecule has 0 aromatic heterocycles. The first-order chi connectivity index (χ1) is 14.9. The molecule has 0 bridgehead atoms. The highest BCUT2D eigenvalue weighted by Gasteiger charge is 2.60. The van der Waals surface area contributed by atoms with E-state index in [1.54, 1.807) is 14.1 Å². The van der Waals surface area contributed by atoms with Gasteiger partial charge in [-0.25, -0.2) is 4.79 Å². The van der Waals surface area contributed by atoms with Gasteiger partial charge in [-0.15, -0.1) is 11.8 Å². The summed E-state index contributed by atoms with van der Waals surface area (Å²) in [4.78, 5) is 47.8. The molecular weight excluding hydrogens is 438 g/mol. The Morgan fingerprint density at radius 3 is 2.53 bits per heavy atom. The number of carboxylic acids is 1. The number of aliphatic hydroxyl groups excluding tert-OH is 1. The van der Waals surface area contributed by atoms with Crippen LogP contribution < -0.4 is 16.8 Å². The van der Waals surface area contributed by atoms with E-state index < -0.39 is 29.9 Å². The number of amides is 2. The first-order valence-corrected chi connectivity index (χ1v) is 11.1. The summed E-state index contributed by atoms with van der Waals surface area (Å²) in [5, 5.41) is 22.7. The normalized spacial score (nSPS) is 31.5. The van der Waals surface area contributed by atoms with Gasteiger partial charge in [-0.2, -0.15) is 9.98 Å². The van der Waals surface area contributed by atoms with Crippen LogP contribution in [0.2, 0.25) is 0 Å². The molecular formula is C19H29N7O5S. The fourth-order valence-electron chi connectivity index (χ4n) is 4.27. The number of rotatable bonds is 5. The van der Waals surface area contributed by atoms with Gasteiger partial charge in [0.15, 0.2) is 5.96 Å². The maximum Gasteiger partial charge on any atom is 0.353 e. The van der Waals surface area contributed by atoms with Crippen molar-refractivity contribution in [2.24, 2.45) is 33.3 Å². The number of nitrogens with one attached hydrogen (secondary N) is 1. The zero-order valence-electron chi connectivity index (χ0n) is 18.3. The molecule has 7 N–H and O–H groups in total. The summed E-state index contributed by atoms with van der Waals surface area (Å²) in [5.41, 5.74) is 11.3. The number of thioether (sulfide) groups is 1.